The number of benzene rings is 3. The van der Waals surface area contributed by atoms with Gasteiger partial charge in [-0.15, -0.1) is 5.06 Å². The topological polar surface area (TPSA) is 183 Å². The summed E-state index contributed by atoms with van der Waals surface area (Å²) in [6, 6.07) is 18.9. The number of allylic oxidation sites excluding steroid dienone is 10. The third-order valence-electron chi connectivity index (χ3n) is 13.5. The molecule has 0 spiro atoms. The molecule has 406 valence electrons. The summed E-state index contributed by atoms with van der Waals surface area (Å²) in [5.74, 6) is -0.192. The minimum absolute atomic E-state index is 0.0295. The maximum atomic E-state index is 12.4. The SMILES string of the molecule is COCCOCCOCCOCCOCCN1c2cc3c(cc2C(C)=CC1(C)C)/C(=C/C=C/C=C/C=C/C1=[N+](CCCCCC(=O)ON2C(=O)CCC2=O)c2ccc(S(=O)(=O)[O-])cc2C1(C)C)C=C(c1ccccc1)O3. The molecule has 0 atom stereocenters. The van der Waals surface area contributed by atoms with Crippen LogP contribution in [0.1, 0.15) is 95.4 Å². The minimum Gasteiger partial charge on any atom is -0.744 e. The molecule has 0 saturated carbocycles. The second kappa shape index (κ2) is 26.6. The lowest BCUT2D eigenvalue weighted by molar-refractivity contribution is -0.438. The van der Waals surface area contributed by atoms with Crippen LogP contribution in [0.4, 0.5) is 11.4 Å². The first-order valence-corrected chi connectivity index (χ1v) is 27.3. The van der Waals surface area contributed by atoms with Gasteiger partial charge in [0.2, 0.25) is 5.69 Å². The van der Waals surface area contributed by atoms with Gasteiger partial charge in [-0.1, -0.05) is 72.9 Å². The van der Waals surface area contributed by atoms with Gasteiger partial charge in [0.05, 0.1) is 75.3 Å². The number of rotatable bonds is 28. The second-order valence-electron chi connectivity index (χ2n) is 19.8. The van der Waals surface area contributed by atoms with Crippen LogP contribution in [0.3, 0.4) is 0 Å². The molecule has 0 aliphatic carbocycles. The maximum absolute atomic E-state index is 12.4. The van der Waals surface area contributed by atoms with Crippen molar-refractivity contribution < 1.29 is 65.2 Å². The average molecular weight is 1060 g/mol. The third kappa shape index (κ3) is 14.8. The van der Waals surface area contributed by atoms with Gasteiger partial charge in [0.15, 0.2) is 5.71 Å². The van der Waals surface area contributed by atoms with E-state index in [-0.39, 0.29) is 29.7 Å². The molecule has 7 rings (SSSR count). The fourth-order valence-corrected chi connectivity index (χ4v) is 10.2. The van der Waals surface area contributed by atoms with Gasteiger partial charge < -0.3 is 42.7 Å². The molecule has 2 amide bonds. The molecule has 0 aromatic heterocycles. The number of imide groups is 1. The Morgan fingerprint density at radius 3 is 2.09 bits per heavy atom. The smallest absolute Gasteiger partial charge is 0.333 e. The Labute approximate surface area is 447 Å². The van der Waals surface area contributed by atoms with Crippen molar-refractivity contribution >= 4 is 61.9 Å². The van der Waals surface area contributed by atoms with Crippen molar-refractivity contribution in [1.82, 2.24) is 5.06 Å². The van der Waals surface area contributed by atoms with E-state index in [4.69, 9.17) is 33.3 Å². The van der Waals surface area contributed by atoms with Gasteiger partial charge in [0.25, 0.3) is 11.8 Å². The summed E-state index contributed by atoms with van der Waals surface area (Å²) in [7, 11) is -3.05. The molecule has 76 heavy (non-hydrogen) atoms. The molecule has 0 unspecified atom stereocenters. The lowest BCUT2D eigenvalue weighted by atomic mass is 9.81. The second-order valence-corrected chi connectivity index (χ2v) is 21.2. The first kappa shape index (κ1) is 57.4. The van der Waals surface area contributed by atoms with E-state index in [1.165, 1.54) is 17.7 Å². The monoisotopic (exact) mass is 1060 g/mol. The average Bonchev–Trinajstić information content (AvgIpc) is 3.81. The molecule has 17 heteroatoms. The van der Waals surface area contributed by atoms with Crippen molar-refractivity contribution in [2.24, 2.45) is 0 Å². The molecule has 0 N–H and O–H groups in total. The number of carbonyl (C=O) groups is 3. The Bertz CT molecular complexity index is 2900. The third-order valence-corrected chi connectivity index (χ3v) is 14.4. The van der Waals surface area contributed by atoms with Crippen LogP contribution >= 0.6 is 0 Å². The van der Waals surface area contributed by atoms with Crippen LogP contribution in [0.2, 0.25) is 0 Å². The van der Waals surface area contributed by atoms with Gasteiger partial charge in [-0.25, -0.2) is 13.2 Å². The van der Waals surface area contributed by atoms with E-state index in [1.807, 2.05) is 80.6 Å². The highest BCUT2D eigenvalue weighted by Gasteiger charge is 2.44. The number of fused-ring (bicyclic) bond motifs is 3. The lowest BCUT2D eigenvalue weighted by Gasteiger charge is -2.44. The summed E-state index contributed by atoms with van der Waals surface area (Å²) < 4.78 is 72.8. The van der Waals surface area contributed by atoms with Crippen LogP contribution in [0.25, 0.3) is 16.9 Å². The van der Waals surface area contributed by atoms with E-state index in [9.17, 15) is 27.4 Å². The van der Waals surface area contributed by atoms with E-state index < -0.39 is 33.3 Å². The molecular weight excluding hydrogens is 991 g/mol. The molecule has 1 saturated heterocycles. The Morgan fingerprint density at radius 1 is 0.776 bits per heavy atom. The first-order chi connectivity index (χ1) is 36.5. The zero-order valence-electron chi connectivity index (χ0n) is 44.5. The number of hydroxylamine groups is 2. The number of unbranched alkanes of at least 4 members (excludes halogenated alkanes) is 2. The first-order valence-electron chi connectivity index (χ1n) is 25.9. The van der Waals surface area contributed by atoms with E-state index in [0.717, 1.165) is 50.9 Å². The number of carbonyl (C=O) groups excluding carboxylic acids is 3. The predicted octanol–water partition coefficient (Wildman–Crippen LogP) is 9.03. The van der Waals surface area contributed by atoms with Gasteiger partial charge in [-0.2, -0.15) is 4.58 Å². The van der Waals surface area contributed by atoms with Gasteiger partial charge in [-0.05, 0) is 82.9 Å². The summed E-state index contributed by atoms with van der Waals surface area (Å²) in [6.07, 6.45) is 20.1. The molecule has 4 aliphatic heterocycles. The minimum atomic E-state index is -4.69. The standard InChI is InChI=1S/C59H71N3O13S/c1-43-42-58(2,3)61(28-29-70-32-33-72-36-37-73-35-34-71-31-30-69-6)51-41-53-48(40-47(43)51)45(38-52(74-53)44-18-13-10-14-19-44)20-12-8-7-9-15-21-54-59(4,5)49-39-46(76(66,67)68)23-24-50(49)60(54)27-17-11-16-22-57(65)75-62-55(63)25-26-56(62)64/h7-10,12-15,18-21,23-24,38-42H,11,16-17,22,25-37H2,1-6H3. The molecule has 3 aromatic carbocycles. The Hall–Kier alpha value is -6.31. The van der Waals surface area contributed by atoms with E-state index in [2.05, 4.69) is 60.6 Å². The molecular formula is C59H71N3O13S. The molecule has 4 heterocycles. The number of hydrogen-bond donors (Lipinski definition) is 0. The van der Waals surface area contributed by atoms with Crippen LogP contribution in [-0.4, -0.2) is 131 Å². The van der Waals surface area contributed by atoms with E-state index in [1.54, 1.807) is 13.2 Å². The molecule has 0 bridgehead atoms. The number of methoxy groups -OCH3 is 1. The molecule has 16 nitrogen and oxygen atoms in total. The van der Waals surface area contributed by atoms with Crippen LogP contribution in [0, 0.1) is 0 Å². The van der Waals surface area contributed by atoms with Crippen molar-refractivity contribution in [3.05, 3.63) is 138 Å². The van der Waals surface area contributed by atoms with Gasteiger partial charge in [0, 0.05) is 85.5 Å². The summed E-state index contributed by atoms with van der Waals surface area (Å²) in [4.78, 5) is 43.2. The highest BCUT2D eigenvalue weighted by Crippen LogP contribution is 2.47. The van der Waals surface area contributed by atoms with Crippen molar-refractivity contribution in [3.63, 3.8) is 0 Å². The molecule has 4 aliphatic rings. The van der Waals surface area contributed by atoms with Crippen LogP contribution in [0.5, 0.6) is 5.75 Å². The zero-order valence-corrected chi connectivity index (χ0v) is 45.4. The van der Waals surface area contributed by atoms with Gasteiger partial charge >= 0.3 is 5.97 Å². The maximum Gasteiger partial charge on any atom is 0.333 e. The predicted molar refractivity (Wildman–Crippen MR) is 290 cm³/mol. The van der Waals surface area contributed by atoms with Crippen molar-refractivity contribution in [3.8, 4) is 5.75 Å². The Balaban J connectivity index is 1.02. The largest absolute Gasteiger partial charge is 0.744 e. The number of amides is 2. The Kier molecular flexibility index (Phi) is 20.1. The highest BCUT2D eigenvalue weighted by molar-refractivity contribution is 7.85. The quantitative estimate of drug-likeness (QED) is 0.0221. The summed E-state index contributed by atoms with van der Waals surface area (Å²) in [6.45, 7) is 16.3. The van der Waals surface area contributed by atoms with Crippen LogP contribution in [0.15, 0.2) is 120 Å². The summed E-state index contributed by atoms with van der Waals surface area (Å²) in [5.41, 5.74) is 7.75. The summed E-state index contributed by atoms with van der Waals surface area (Å²) >= 11 is 0. The lowest BCUT2D eigenvalue weighted by Crippen LogP contribution is -2.46. The fourth-order valence-electron chi connectivity index (χ4n) is 9.70. The number of anilines is 1. The Morgan fingerprint density at radius 2 is 1.42 bits per heavy atom. The number of ether oxygens (including phenoxy) is 6. The normalized spacial score (nSPS) is 17.5. The highest BCUT2D eigenvalue weighted by atomic mass is 32.2. The van der Waals surface area contributed by atoms with E-state index in [0.29, 0.717) is 102 Å². The molecule has 1 fully saturated rings. The van der Waals surface area contributed by atoms with Crippen molar-refractivity contribution in [2.45, 2.75) is 89.0 Å². The molecule has 3 aromatic rings. The van der Waals surface area contributed by atoms with Crippen LogP contribution < -0.4 is 9.64 Å². The van der Waals surface area contributed by atoms with Crippen molar-refractivity contribution in [1.29, 1.82) is 0 Å². The number of hydrogen-bond acceptors (Lipinski definition) is 14. The van der Waals surface area contributed by atoms with Gasteiger partial charge in [-0.3, -0.25) is 9.59 Å². The number of nitrogens with zero attached hydrogens (tertiary/aromatic N) is 3. The summed E-state index contributed by atoms with van der Waals surface area (Å²) in [5, 5.41) is 0.558. The van der Waals surface area contributed by atoms with E-state index >= 15 is 0 Å². The zero-order chi connectivity index (χ0) is 54.3. The molecule has 0 radical (unpaired) electrons. The van der Waals surface area contributed by atoms with Gasteiger partial charge in [0.1, 0.15) is 28.2 Å². The van der Waals surface area contributed by atoms with Crippen LogP contribution in [-0.2, 0) is 58.4 Å². The fraction of sp³-hybridized carbons (Fsp3) is 0.424. The van der Waals surface area contributed by atoms with Crippen molar-refractivity contribution in [2.75, 3.05) is 84.6 Å².